The zero-order chi connectivity index (χ0) is 12.5. The molecule has 0 amide bonds. The van der Waals surface area contributed by atoms with Crippen LogP contribution in [0.15, 0.2) is 18.2 Å². The smallest absolute Gasteiger partial charge is 0.131 e. The predicted molar refractivity (Wildman–Crippen MR) is 64.5 cm³/mol. The quantitative estimate of drug-likeness (QED) is 0.836. The molecule has 0 bridgehead atoms. The average Bonchev–Trinajstić information content (AvgIpc) is 2.29. The molecule has 1 aliphatic rings. The van der Waals surface area contributed by atoms with Crippen LogP contribution in [0.4, 0.5) is 8.78 Å². The van der Waals surface area contributed by atoms with Gasteiger partial charge in [0.05, 0.1) is 0 Å². The van der Waals surface area contributed by atoms with Crippen molar-refractivity contribution in [2.24, 2.45) is 11.7 Å². The summed E-state index contributed by atoms with van der Waals surface area (Å²) in [5.74, 6) is -0.352. The van der Waals surface area contributed by atoms with Crippen molar-refractivity contribution in [1.29, 1.82) is 0 Å². The van der Waals surface area contributed by atoms with Crippen LogP contribution < -0.4 is 5.73 Å². The lowest BCUT2D eigenvalue weighted by atomic mass is 9.72. The van der Waals surface area contributed by atoms with E-state index in [2.05, 4.69) is 6.92 Å². The molecule has 0 radical (unpaired) electrons. The fourth-order valence-corrected chi connectivity index (χ4v) is 2.76. The highest BCUT2D eigenvalue weighted by atomic mass is 19.1. The molecule has 17 heavy (non-hydrogen) atoms. The number of nitrogens with two attached hydrogens (primary N) is 1. The minimum atomic E-state index is -0.608. The van der Waals surface area contributed by atoms with Crippen molar-refractivity contribution < 1.29 is 8.78 Å². The van der Waals surface area contributed by atoms with Crippen LogP contribution in [0.5, 0.6) is 0 Å². The molecule has 1 fully saturated rings. The van der Waals surface area contributed by atoms with Crippen molar-refractivity contribution in [2.75, 3.05) is 0 Å². The van der Waals surface area contributed by atoms with Crippen LogP contribution in [-0.2, 0) is 5.54 Å². The Balaban J connectivity index is 2.21. The second kappa shape index (κ2) is 4.73. The van der Waals surface area contributed by atoms with Crippen LogP contribution in [0.1, 0.15) is 44.6 Å². The molecule has 1 aromatic rings. The summed E-state index contributed by atoms with van der Waals surface area (Å²) in [5, 5.41) is 0. The van der Waals surface area contributed by atoms with Gasteiger partial charge >= 0.3 is 0 Å². The molecule has 1 aromatic carbocycles. The van der Waals surface area contributed by atoms with Gasteiger partial charge in [0.1, 0.15) is 11.6 Å². The Morgan fingerprint density at radius 2 is 1.94 bits per heavy atom. The lowest BCUT2D eigenvalue weighted by Crippen LogP contribution is -2.41. The van der Waals surface area contributed by atoms with E-state index in [-0.39, 0.29) is 0 Å². The molecule has 2 N–H and O–H groups in total. The molecule has 0 saturated heterocycles. The van der Waals surface area contributed by atoms with E-state index in [9.17, 15) is 8.78 Å². The summed E-state index contributed by atoms with van der Waals surface area (Å²) in [6.07, 6.45) is 4.79. The van der Waals surface area contributed by atoms with E-state index >= 15 is 0 Å². The van der Waals surface area contributed by atoms with E-state index in [4.69, 9.17) is 5.73 Å². The third-order valence-electron chi connectivity index (χ3n) is 4.04. The van der Waals surface area contributed by atoms with E-state index in [0.29, 0.717) is 11.5 Å². The summed E-state index contributed by atoms with van der Waals surface area (Å²) in [4.78, 5) is 0. The van der Waals surface area contributed by atoms with Gasteiger partial charge in [-0.3, -0.25) is 0 Å². The molecule has 0 aromatic heterocycles. The topological polar surface area (TPSA) is 26.0 Å². The lowest BCUT2D eigenvalue weighted by Gasteiger charge is -2.37. The second-order valence-electron chi connectivity index (χ2n) is 5.13. The molecule has 0 heterocycles. The Labute approximate surface area is 101 Å². The molecule has 2 rings (SSSR count). The van der Waals surface area contributed by atoms with Crippen LogP contribution in [0.25, 0.3) is 0 Å². The summed E-state index contributed by atoms with van der Waals surface area (Å²) >= 11 is 0. The summed E-state index contributed by atoms with van der Waals surface area (Å²) < 4.78 is 26.6. The molecule has 94 valence electrons. The SMILES string of the molecule is CCC1CCC(N)(c2ccc(F)cc2F)CC1. The fourth-order valence-electron chi connectivity index (χ4n) is 2.76. The number of benzene rings is 1. The third kappa shape index (κ3) is 2.49. The highest BCUT2D eigenvalue weighted by Crippen LogP contribution is 2.39. The molecule has 0 spiro atoms. The van der Waals surface area contributed by atoms with Crippen molar-refractivity contribution >= 4 is 0 Å². The standard InChI is InChI=1S/C14H19F2N/c1-2-10-5-7-14(17,8-6-10)12-4-3-11(15)9-13(12)16/h3-4,9-10H,2,5-8,17H2,1H3. The van der Waals surface area contributed by atoms with Gasteiger partial charge in [0.25, 0.3) is 0 Å². The van der Waals surface area contributed by atoms with Crippen LogP contribution in [-0.4, -0.2) is 0 Å². The van der Waals surface area contributed by atoms with Crippen molar-refractivity contribution in [3.63, 3.8) is 0 Å². The minimum absolute atomic E-state index is 0.466. The maximum absolute atomic E-state index is 13.7. The van der Waals surface area contributed by atoms with Crippen molar-refractivity contribution in [3.8, 4) is 0 Å². The van der Waals surface area contributed by atoms with E-state index in [1.807, 2.05) is 0 Å². The van der Waals surface area contributed by atoms with Crippen LogP contribution in [0, 0.1) is 17.6 Å². The van der Waals surface area contributed by atoms with Crippen LogP contribution in [0.2, 0.25) is 0 Å². The first-order valence-electron chi connectivity index (χ1n) is 6.29. The molecule has 1 nitrogen and oxygen atoms in total. The van der Waals surface area contributed by atoms with E-state index < -0.39 is 17.2 Å². The Bertz CT molecular complexity index is 395. The van der Waals surface area contributed by atoms with Gasteiger partial charge < -0.3 is 5.73 Å². The van der Waals surface area contributed by atoms with E-state index in [0.717, 1.165) is 38.2 Å². The van der Waals surface area contributed by atoms with E-state index in [1.54, 1.807) is 0 Å². The number of rotatable bonds is 2. The molecule has 0 unspecified atom stereocenters. The van der Waals surface area contributed by atoms with Gasteiger partial charge in [-0.15, -0.1) is 0 Å². The van der Waals surface area contributed by atoms with Crippen LogP contribution in [0.3, 0.4) is 0 Å². The summed E-state index contributed by atoms with van der Waals surface area (Å²) in [5.41, 5.74) is 6.14. The maximum Gasteiger partial charge on any atom is 0.131 e. The largest absolute Gasteiger partial charge is 0.321 e. The van der Waals surface area contributed by atoms with E-state index in [1.165, 1.54) is 12.1 Å². The lowest BCUT2D eigenvalue weighted by molar-refractivity contribution is 0.226. The molecular weight excluding hydrogens is 220 g/mol. The normalized spacial score (nSPS) is 29.3. The summed E-state index contributed by atoms with van der Waals surface area (Å²) in [6.45, 7) is 2.17. The van der Waals surface area contributed by atoms with Gasteiger partial charge in [0.2, 0.25) is 0 Å². The first-order chi connectivity index (χ1) is 8.05. The first-order valence-corrected chi connectivity index (χ1v) is 6.29. The second-order valence-corrected chi connectivity index (χ2v) is 5.13. The third-order valence-corrected chi connectivity index (χ3v) is 4.04. The zero-order valence-corrected chi connectivity index (χ0v) is 10.2. The van der Waals surface area contributed by atoms with Gasteiger partial charge in [-0.05, 0) is 37.7 Å². The summed E-state index contributed by atoms with van der Waals surface area (Å²) in [7, 11) is 0. The molecular formula is C14H19F2N. The molecule has 3 heteroatoms. The zero-order valence-electron chi connectivity index (χ0n) is 10.2. The molecule has 1 saturated carbocycles. The highest BCUT2D eigenvalue weighted by molar-refractivity contribution is 5.27. The fraction of sp³-hybridized carbons (Fsp3) is 0.571. The first kappa shape index (κ1) is 12.5. The highest BCUT2D eigenvalue weighted by Gasteiger charge is 2.34. The Morgan fingerprint density at radius 1 is 1.29 bits per heavy atom. The Hall–Kier alpha value is -0.960. The molecule has 0 aliphatic heterocycles. The van der Waals surface area contributed by atoms with Crippen molar-refractivity contribution in [1.82, 2.24) is 0 Å². The van der Waals surface area contributed by atoms with Gasteiger partial charge in [0.15, 0.2) is 0 Å². The Kier molecular flexibility index (Phi) is 3.48. The number of hydrogen-bond donors (Lipinski definition) is 1. The summed E-state index contributed by atoms with van der Waals surface area (Å²) in [6, 6.07) is 3.71. The predicted octanol–water partition coefficient (Wildman–Crippen LogP) is 3.72. The molecule has 0 atom stereocenters. The minimum Gasteiger partial charge on any atom is -0.321 e. The average molecular weight is 239 g/mol. The van der Waals surface area contributed by atoms with Crippen molar-refractivity contribution in [2.45, 2.75) is 44.6 Å². The van der Waals surface area contributed by atoms with Gasteiger partial charge in [0, 0.05) is 17.2 Å². The van der Waals surface area contributed by atoms with Crippen LogP contribution >= 0.6 is 0 Å². The Morgan fingerprint density at radius 3 is 2.47 bits per heavy atom. The molecule has 1 aliphatic carbocycles. The number of halogens is 2. The van der Waals surface area contributed by atoms with Gasteiger partial charge in [-0.2, -0.15) is 0 Å². The van der Waals surface area contributed by atoms with Gasteiger partial charge in [-0.1, -0.05) is 19.4 Å². The van der Waals surface area contributed by atoms with Gasteiger partial charge in [-0.25, -0.2) is 8.78 Å². The van der Waals surface area contributed by atoms with Crippen molar-refractivity contribution in [3.05, 3.63) is 35.4 Å². The monoisotopic (exact) mass is 239 g/mol. The maximum atomic E-state index is 13.7. The number of hydrogen-bond acceptors (Lipinski definition) is 1.